The average molecular weight is 220 g/mol. The van der Waals surface area contributed by atoms with Gasteiger partial charge in [-0.25, -0.2) is 8.42 Å². The molecule has 0 aliphatic carbocycles. The molecule has 4 nitrogen and oxygen atoms in total. The molecule has 5 heteroatoms. The molecule has 0 atom stereocenters. The fourth-order valence-corrected chi connectivity index (χ4v) is 3.20. The van der Waals surface area contributed by atoms with E-state index in [9.17, 15) is 8.42 Å². The molecule has 14 heavy (non-hydrogen) atoms. The maximum Gasteiger partial charge on any atom is 0.214 e. The van der Waals surface area contributed by atoms with Crippen molar-refractivity contribution in [3.63, 3.8) is 0 Å². The van der Waals surface area contributed by atoms with E-state index in [4.69, 9.17) is 0 Å². The second kappa shape index (κ2) is 5.09. The van der Waals surface area contributed by atoms with Crippen LogP contribution in [0.3, 0.4) is 0 Å². The van der Waals surface area contributed by atoms with Crippen LogP contribution in [0.25, 0.3) is 0 Å². The molecular weight excluding hydrogens is 200 g/mol. The van der Waals surface area contributed by atoms with E-state index < -0.39 is 10.0 Å². The molecule has 0 aromatic rings. The van der Waals surface area contributed by atoms with Crippen molar-refractivity contribution in [3.05, 3.63) is 0 Å². The van der Waals surface area contributed by atoms with E-state index in [0.717, 1.165) is 19.6 Å². The van der Waals surface area contributed by atoms with E-state index in [1.54, 1.807) is 4.31 Å². The predicted molar refractivity (Wildman–Crippen MR) is 57.8 cm³/mol. The summed E-state index contributed by atoms with van der Waals surface area (Å²) in [5.41, 5.74) is 0. The van der Waals surface area contributed by atoms with Gasteiger partial charge in [0.25, 0.3) is 0 Å². The summed E-state index contributed by atoms with van der Waals surface area (Å²) in [5.74, 6) is 0.291. The fourth-order valence-electron chi connectivity index (χ4n) is 1.71. The third-order valence-electron chi connectivity index (χ3n) is 2.63. The van der Waals surface area contributed by atoms with E-state index in [1.165, 1.54) is 0 Å². The quantitative estimate of drug-likeness (QED) is 0.687. The highest BCUT2D eigenvalue weighted by atomic mass is 32.2. The van der Waals surface area contributed by atoms with Gasteiger partial charge < -0.3 is 4.90 Å². The first-order chi connectivity index (χ1) is 6.60. The van der Waals surface area contributed by atoms with E-state index >= 15 is 0 Å². The minimum Gasteiger partial charge on any atom is -0.301 e. The molecule has 0 spiro atoms. The molecule has 1 fully saturated rings. The molecule has 1 saturated heterocycles. The Morgan fingerprint density at radius 2 is 1.64 bits per heavy atom. The molecule has 1 aliphatic heterocycles. The topological polar surface area (TPSA) is 40.6 Å². The highest BCUT2D eigenvalue weighted by Gasteiger charge is 2.25. The van der Waals surface area contributed by atoms with Crippen molar-refractivity contribution in [2.24, 2.45) is 0 Å². The predicted octanol–water partition coefficient (Wildman–Crippen LogP) is 0.364. The second-order valence-corrected chi connectivity index (χ2v) is 5.74. The lowest BCUT2D eigenvalue weighted by Crippen LogP contribution is -2.48. The van der Waals surface area contributed by atoms with Crippen LogP contribution < -0.4 is 0 Å². The van der Waals surface area contributed by atoms with Crippen molar-refractivity contribution >= 4 is 10.0 Å². The first kappa shape index (κ1) is 11.9. The molecule has 1 rings (SSSR count). The van der Waals surface area contributed by atoms with Crippen LogP contribution in [0.5, 0.6) is 0 Å². The molecule has 0 radical (unpaired) electrons. The first-order valence-electron chi connectivity index (χ1n) is 5.30. The molecule has 0 saturated carbocycles. The minimum absolute atomic E-state index is 0.291. The molecule has 0 amide bonds. The summed E-state index contributed by atoms with van der Waals surface area (Å²) in [4.78, 5) is 2.28. The van der Waals surface area contributed by atoms with Crippen molar-refractivity contribution in [2.45, 2.75) is 20.3 Å². The second-order valence-electron chi connectivity index (χ2n) is 3.65. The van der Waals surface area contributed by atoms with Crippen LogP contribution >= 0.6 is 0 Å². The Bertz CT molecular complexity index is 256. The molecule has 0 aromatic carbocycles. The van der Waals surface area contributed by atoms with E-state index in [0.29, 0.717) is 25.3 Å². The molecule has 0 unspecified atom stereocenters. The zero-order valence-electron chi connectivity index (χ0n) is 9.07. The summed E-state index contributed by atoms with van der Waals surface area (Å²) in [7, 11) is -2.96. The number of hydrogen-bond donors (Lipinski definition) is 0. The Morgan fingerprint density at radius 1 is 1.07 bits per heavy atom. The van der Waals surface area contributed by atoms with Gasteiger partial charge in [-0.3, -0.25) is 0 Å². The molecule has 1 aliphatic rings. The SMILES string of the molecule is CCCS(=O)(=O)N1CCN(CC)CC1. The van der Waals surface area contributed by atoms with Crippen molar-refractivity contribution in [3.8, 4) is 0 Å². The van der Waals surface area contributed by atoms with Crippen LogP contribution in [0.1, 0.15) is 20.3 Å². The Hall–Kier alpha value is -0.130. The Kier molecular flexibility index (Phi) is 4.34. The highest BCUT2D eigenvalue weighted by molar-refractivity contribution is 7.89. The van der Waals surface area contributed by atoms with Gasteiger partial charge in [0.05, 0.1) is 5.75 Å². The number of hydrogen-bond acceptors (Lipinski definition) is 3. The summed E-state index contributed by atoms with van der Waals surface area (Å²) in [5, 5.41) is 0. The van der Waals surface area contributed by atoms with E-state index in [-0.39, 0.29) is 0 Å². The van der Waals surface area contributed by atoms with Crippen molar-refractivity contribution in [1.82, 2.24) is 9.21 Å². The highest BCUT2D eigenvalue weighted by Crippen LogP contribution is 2.08. The Balaban J connectivity index is 2.49. The van der Waals surface area contributed by atoms with E-state index in [1.807, 2.05) is 6.92 Å². The maximum atomic E-state index is 11.7. The summed E-state index contributed by atoms with van der Waals surface area (Å²) in [6.07, 6.45) is 0.705. The zero-order valence-corrected chi connectivity index (χ0v) is 9.89. The average Bonchev–Trinajstić information content (AvgIpc) is 2.18. The molecule has 84 valence electrons. The van der Waals surface area contributed by atoms with Crippen molar-refractivity contribution in [1.29, 1.82) is 0 Å². The number of likely N-dealkylation sites (N-methyl/N-ethyl adjacent to an activating group) is 1. The van der Waals surface area contributed by atoms with Crippen LogP contribution in [0.2, 0.25) is 0 Å². The lowest BCUT2D eigenvalue weighted by atomic mass is 10.4. The normalized spacial score (nSPS) is 21.3. The number of rotatable bonds is 4. The lowest BCUT2D eigenvalue weighted by molar-refractivity contribution is 0.196. The summed E-state index contributed by atoms with van der Waals surface area (Å²) >= 11 is 0. The van der Waals surface area contributed by atoms with Crippen molar-refractivity contribution < 1.29 is 8.42 Å². The van der Waals surface area contributed by atoms with Gasteiger partial charge in [0.1, 0.15) is 0 Å². The van der Waals surface area contributed by atoms with Gasteiger partial charge in [-0.2, -0.15) is 4.31 Å². The van der Waals surface area contributed by atoms with Gasteiger partial charge in [0.2, 0.25) is 10.0 Å². The van der Waals surface area contributed by atoms with Gasteiger partial charge >= 0.3 is 0 Å². The van der Waals surface area contributed by atoms with E-state index in [2.05, 4.69) is 11.8 Å². The van der Waals surface area contributed by atoms with Gasteiger partial charge in [-0.15, -0.1) is 0 Å². The number of nitrogens with zero attached hydrogens (tertiary/aromatic N) is 2. The van der Waals surface area contributed by atoms with Crippen molar-refractivity contribution in [2.75, 3.05) is 38.5 Å². The lowest BCUT2D eigenvalue weighted by Gasteiger charge is -2.33. The third-order valence-corrected chi connectivity index (χ3v) is 4.71. The number of piperazine rings is 1. The Labute approximate surface area is 86.9 Å². The minimum atomic E-state index is -2.96. The largest absolute Gasteiger partial charge is 0.301 e. The smallest absolute Gasteiger partial charge is 0.214 e. The summed E-state index contributed by atoms with van der Waals surface area (Å²) < 4.78 is 25.0. The van der Waals surface area contributed by atoms with Crippen LogP contribution in [-0.4, -0.2) is 56.1 Å². The molecular formula is C9H20N2O2S. The number of sulfonamides is 1. The molecule has 0 N–H and O–H groups in total. The summed E-state index contributed by atoms with van der Waals surface area (Å²) in [6.45, 7) is 8.10. The van der Waals surface area contributed by atoms with Gasteiger partial charge in [-0.1, -0.05) is 13.8 Å². The third kappa shape index (κ3) is 2.93. The first-order valence-corrected chi connectivity index (χ1v) is 6.91. The standard InChI is InChI=1S/C9H20N2O2S/c1-3-9-14(12,13)11-7-5-10(4-2)6-8-11/h3-9H2,1-2H3. The summed E-state index contributed by atoms with van der Waals surface area (Å²) in [6, 6.07) is 0. The van der Waals surface area contributed by atoms with Gasteiger partial charge in [0.15, 0.2) is 0 Å². The van der Waals surface area contributed by atoms with Crippen LogP contribution in [0, 0.1) is 0 Å². The van der Waals surface area contributed by atoms with Gasteiger partial charge in [0, 0.05) is 26.2 Å². The fraction of sp³-hybridized carbons (Fsp3) is 1.00. The monoisotopic (exact) mass is 220 g/mol. The van der Waals surface area contributed by atoms with Crippen LogP contribution in [0.15, 0.2) is 0 Å². The molecule has 1 heterocycles. The van der Waals surface area contributed by atoms with Crippen LogP contribution in [0.4, 0.5) is 0 Å². The molecule has 0 bridgehead atoms. The van der Waals surface area contributed by atoms with Crippen LogP contribution in [-0.2, 0) is 10.0 Å². The maximum absolute atomic E-state index is 11.7. The van der Waals surface area contributed by atoms with Gasteiger partial charge in [-0.05, 0) is 13.0 Å². The molecule has 0 aromatic heterocycles. The zero-order chi connectivity index (χ0) is 10.6. The Morgan fingerprint density at radius 3 is 2.07 bits per heavy atom.